The van der Waals surface area contributed by atoms with Crippen LogP contribution in [0.25, 0.3) is 6.08 Å². The minimum Gasteiger partial charge on any atom is -0.494 e. The van der Waals surface area contributed by atoms with E-state index in [1.54, 1.807) is 18.4 Å². The van der Waals surface area contributed by atoms with Crippen LogP contribution < -0.4 is 29.1 Å². The van der Waals surface area contributed by atoms with Crippen LogP contribution in [0.15, 0.2) is 63.5 Å². The zero-order valence-corrected chi connectivity index (χ0v) is 24.5. The van der Waals surface area contributed by atoms with E-state index in [-0.39, 0.29) is 12.2 Å². The molecule has 0 radical (unpaired) electrons. The van der Waals surface area contributed by atoms with Crippen LogP contribution in [0.1, 0.15) is 64.6 Å². The average Bonchev–Trinajstić information content (AvgIpc) is 3.24. The number of benzene rings is 2. The Hall–Kier alpha value is -3.85. The monoisotopic (exact) mass is 564 g/mol. The van der Waals surface area contributed by atoms with Gasteiger partial charge in [-0.25, -0.2) is 9.79 Å². The van der Waals surface area contributed by atoms with Crippen molar-refractivity contribution in [2.24, 2.45) is 4.99 Å². The Balaban J connectivity index is 1.83. The van der Waals surface area contributed by atoms with Gasteiger partial charge in [0.25, 0.3) is 5.56 Å². The predicted molar refractivity (Wildman–Crippen MR) is 156 cm³/mol. The number of hydrogen-bond donors (Lipinski definition) is 0. The number of carbonyl (C=O) groups excluding carboxylic acids is 1. The summed E-state index contributed by atoms with van der Waals surface area (Å²) in [4.78, 5) is 32.2. The van der Waals surface area contributed by atoms with Gasteiger partial charge >= 0.3 is 5.97 Å². The lowest BCUT2D eigenvalue weighted by molar-refractivity contribution is -0.139. The van der Waals surface area contributed by atoms with Crippen molar-refractivity contribution in [1.82, 2.24) is 4.57 Å². The molecule has 3 aromatic rings. The number of esters is 1. The van der Waals surface area contributed by atoms with Gasteiger partial charge in [-0.15, -0.1) is 0 Å². The molecule has 2 heterocycles. The summed E-state index contributed by atoms with van der Waals surface area (Å²) in [6.07, 6.45) is 3.91. The highest BCUT2D eigenvalue weighted by atomic mass is 32.1. The number of unbranched alkanes of at least 4 members (excludes halogenated alkanes) is 1. The van der Waals surface area contributed by atoms with E-state index in [2.05, 4.69) is 11.9 Å². The second kappa shape index (κ2) is 13.5. The number of fused-ring (bicyclic) bond motifs is 1. The van der Waals surface area contributed by atoms with Crippen molar-refractivity contribution in [1.29, 1.82) is 0 Å². The van der Waals surface area contributed by atoms with E-state index in [1.807, 2.05) is 62.4 Å². The number of allylic oxidation sites excluding steroid dienone is 1. The second-order valence-electron chi connectivity index (χ2n) is 9.15. The van der Waals surface area contributed by atoms with Crippen molar-refractivity contribution in [2.75, 3.05) is 26.4 Å². The average molecular weight is 565 g/mol. The second-order valence-corrected chi connectivity index (χ2v) is 10.2. The molecule has 0 bridgehead atoms. The number of thiazole rings is 1. The Morgan fingerprint density at radius 1 is 0.975 bits per heavy atom. The summed E-state index contributed by atoms with van der Waals surface area (Å²) in [6, 6.07) is 12.4. The first-order valence-corrected chi connectivity index (χ1v) is 14.5. The van der Waals surface area contributed by atoms with Crippen LogP contribution in [0.5, 0.6) is 17.2 Å². The summed E-state index contributed by atoms with van der Waals surface area (Å²) in [5.41, 5.74) is 2.16. The quantitative estimate of drug-likeness (QED) is 0.233. The first kappa shape index (κ1) is 29.1. The van der Waals surface area contributed by atoms with Gasteiger partial charge in [0.2, 0.25) is 0 Å². The van der Waals surface area contributed by atoms with E-state index in [9.17, 15) is 9.59 Å². The topological polar surface area (TPSA) is 88.3 Å². The maximum atomic E-state index is 13.9. The summed E-state index contributed by atoms with van der Waals surface area (Å²) in [5, 5.41) is 0. The van der Waals surface area contributed by atoms with Crippen LogP contribution in [0.4, 0.5) is 0 Å². The van der Waals surface area contributed by atoms with E-state index < -0.39 is 12.0 Å². The van der Waals surface area contributed by atoms with Gasteiger partial charge in [0.1, 0.15) is 5.75 Å². The number of aromatic nitrogens is 1. The largest absolute Gasteiger partial charge is 0.494 e. The first-order chi connectivity index (χ1) is 19.4. The number of ether oxygens (including phenoxy) is 4. The van der Waals surface area contributed by atoms with E-state index in [1.165, 1.54) is 11.3 Å². The molecule has 0 fully saturated rings. The molecule has 8 nitrogen and oxygen atoms in total. The molecule has 4 rings (SSSR count). The molecule has 0 N–H and O–H groups in total. The van der Waals surface area contributed by atoms with Gasteiger partial charge < -0.3 is 18.9 Å². The van der Waals surface area contributed by atoms with E-state index in [0.29, 0.717) is 57.5 Å². The van der Waals surface area contributed by atoms with Crippen molar-refractivity contribution >= 4 is 23.4 Å². The Kier molecular flexibility index (Phi) is 9.82. The minimum atomic E-state index is -0.735. The molecule has 40 heavy (non-hydrogen) atoms. The Labute approximate surface area is 238 Å². The number of rotatable bonds is 12. The smallest absolute Gasteiger partial charge is 0.338 e. The van der Waals surface area contributed by atoms with Crippen molar-refractivity contribution in [3.63, 3.8) is 0 Å². The normalized spacial score (nSPS) is 14.9. The molecule has 1 aromatic heterocycles. The van der Waals surface area contributed by atoms with Gasteiger partial charge in [-0.05, 0) is 75.6 Å². The lowest BCUT2D eigenvalue weighted by atomic mass is 9.95. The van der Waals surface area contributed by atoms with Gasteiger partial charge in [-0.1, -0.05) is 42.9 Å². The highest BCUT2D eigenvalue weighted by Crippen LogP contribution is 2.36. The molecular formula is C31H36N2O6S. The number of nitrogens with zero attached hydrogens (tertiary/aromatic N) is 2. The van der Waals surface area contributed by atoms with Gasteiger partial charge in [-0.3, -0.25) is 9.36 Å². The summed E-state index contributed by atoms with van der Waals surface area (Å²) < 4.78 is 24.8. The van der Waals surface area contributed by atoms with E-state index in [0.717, 1.165) is 24.2 Å². The molecule has 0 amide bonds. The van der Waals surface area contributed by atoms with Crippen LogP contribution in [0.3, 0.4) is 0 Å². The van der Waals surface area contributed by atoms with Crippen molar-refractivity contribution in [3.8, 4) is 17.2 Å². The summed E-state index contributed by atoms with van der Waals surface area (Å²) in [6.45, 7) is 11.2. The maximum Gasteiger partial charge on any atom is 0.338 e. The molecule has 0 spiro atoms. The fraction of sp³-hybridized carbons (Fsp3) is 0.387. The third-order valence-corrected chi connectivity index (χ3v) is 7.33. The van der Waals surface area contributed by atoms with Crippen LogP contribution in [-0.4, -0.2) is 37.0 Å². The fourth-order valence-electron chi connectivity index (χ4n) is 4.49. The van der Waals surface area contributed by atoms with E-state index >= 15 is 0 Å². The van der Waals surface area contributed by atoms with E-state index in [4.69, 9.17) is 18.9 Å². The lowest BCUT2D eigenvalue weighted by Gasteiger charge is -2.25. The molecule has 0 aliphatic carbocycles. The molecule has 9 heteroatoms. The number of carbonyl (C=O) groups is 1. The molecule has 1 aliphatic heterocycles. The van der Waals surface area contributed by atoms with Gasteiger partial charge in [0, 0.05) is 0 Å². The zero-order chi connectivity index (χ0) is 28.6. The third kappa shape index (κ3) is 6.31. The van der Waals surface area contributed by atoms with Gasteiger partial charge in [0.15, 0.2) is 16.3 Å². The molecule has 1 aliphatic rings. The van der Waals surface area contributed by atoms with Crippen molar-refractivity contribution in [2.45, 2.75) is 53.5 Å². The summed E-state index contributed by atoms with van der Waals surface area (Å²) in [5.74, 6) is 1.43. The molecule has 0 saturated heterocycles. The third-order valence-electron chi connectivity index (χ3n) is 6.34. The van der Waals surface area contributed by atoms with Crippen LogP contribution >= 0.6 is 11.3 Å². The SMILES string of the molecule is CCCCOc1ccc(/C=c2\sc3n(c2=O)C(c2ccc(OCC)c(OCC)c2)C(C(=O)OCC)=C(C)N=3)cc1. The molecule has 1 unspecified atom stereocenters. The predicted octanol–water partition coefficient (Wildman–Crippen LogP) is 4.77. The Bertz CT molecular complexity index is 1550. The first-order valence-electron chi connectivity index (χ1n) is 13.7. The zero-order valence-electron chi connectivity index (χ0n) is 23.7. The maximum absolute atomic E-state index is 13.9. The summed E-state index contributed by atoms with van der Waals surface area (Å²) in [7, 11) is 0. The standard InChI is InChI=1S/C31H36N2O6S/c1-6-10-17-39-23-14-11-21(12-15-23)18-26-29(34)33-28(22-13-16-24(36-7-2)25(19-22)37-8-3)27(30(35)38-9-4)20(5)32-31(33)40-26/h11-16,18-19,28H,6-10,17H2,1-5H3/b26-18-. The lowest BCUT2D eigenvalue weighted by Crippen LogP contribution is -2.40. The number of hydrogen-bond acceptors (Lipinski definition) is 8. The van der Waals surface area contributed by atoms with Gasteiger partial charge in [0.05, 0.1) is 48.3 Å². The van der Waals surface area contributed by atoms with Crippen LogP contribution in [0, 0.1) is 0 Å². The van der Waals surface area contributed by atoms with Gasteiger partial charge in [-0.2, -0.15) is 0 Å². The highest BCUT2D eigenvalue weighted by Gasteiger charge is 2.34. The molecule has 0 saturated carbocycles. The Morgan fingerprint density at radius 2 is 1.70 bits per heavy atom. The minimum absolute atomic E-state index is 0.207. The molecule has 1 atom stereocenters. The van der Waals surface area contributed by atoms with Crippen molar-refractivity contribution in [3.05, 3.63) is 84.5 Å². The molecular weight excluding hydrogens is 528 g/mol. The highest BCUT2D eigenvalue weighted by molar-refractivity contribution is 7.07. The van der Waals surface area contributed by atoms with Crippen LogP contribution in [0.2, 0.25) is 0 Å². The summed E-state index contributed by atoms with van der Waals surface area (Å²) >= 11 is 1.29. The fourth-order valence-corrected chi connectivity index (χ4v) is 5.54. The molecule has 212 valence electrons. The van der Waals surface area contributed by atoms with Crippen molar-refractivity contribution < 1.29 is 23.7 Å². The molecule has 2 aromatic carbocycles. The Morgan fingerprint density at radius 3 is 2.38 bits per heavy atom. The van der Waals surface area contributed by atoms with Crippen LogP contribution in [-0.2, 0) is 9.53 Å².